The molecule has 0 spiro atoms. The number of nitrogens with one attached hydrogen (secondary N) is 2. The molecule has 0 aliphatic heterocycles. The van der Waals surface area contributed by atoms with Crippen LogP contribution in [0, 0.1) is 18.7 Å². The van der Waals surface area contributed by atoms with Crippen LogP contribution < -0.4 is 14.8 Å². The number of aryl methyl sites for hydroxylation is 1. The lowest BCUT2D eigenvalue weighted by molar-refractivity contribution is -0.142. The highest BCUT2D eigenvalue weighted by molar-refractivity contribution is 7.89. The number of esters is 1. The predicted octanol–water partition coefficient (Wildman–Crippen LogP) is 3.40. The minimum Gasteiger partial charge on any atom is -0.482 e. The molecule has 2 aromatic rings. The molecule has 1 aliphatic carbocycles. The minimum absolute atomic E-state index is 0.0821. The average molecular weight is 507 g/mol. The molecule has 8 nitrogen and oxygen atoms in total. The third-order valence-electron chi connectivity index (χ3n) is 6.18. The summed E-state index contributed by atoms with van der Waals surface area (Å²) in [5.41, 5.74) is 1.39. The van der Waals surface area contributed by atoms with Crippen LogP contribution in [0.5, 0.6) is 5.75 Å². The number of amides is 1. The summed E-state index contributed by atoms with van der Waals surface area (Å²) >= 11 is 0. The Balaban J connectivity index is 1.52. The van der Waals surface area contributed by atoms with Crippen molar-refractivity contribution < 1.29 is 31.9 Å². The van der Waals surface area contributed by atoms with Crippen LogP contribution in [0.15, 0.2) is 47.4 Å². The van der Waals surface area contributed by atoms with E-state index in [1.54, 1.807) is 19.1 Å². The van der Waals surface area contributed by atoms with E-state index in [4.69, 9.17) is 4.74 Å². The van der Waals surface area contributed by atoms with Crippen molar-refractivity contribution in [3.05, 3.63) is 59.4 Å². The number of carbonyl (C=O) groups is 2. The molecule has 0 heterocycles. The summed E-state index contributed by atoms with van der Waals surface area (Å²) in [4.78, 5) is 24.0. The Bertz CT molecular complexity index is 1150. The predicted molar refractivity (Wildman–Crippen MR) is 128 cm³/mol. The summed E-state index contributed by atoms with van der Waals surface area (Å²) in [6, 6.07) is 9.92. The van der Waals surface area contributed by atoms with Crippen LogP contribution in [-0.2, 0) is 24.3 Å². The Kier molecular flexibility index (Phi) is 8.85. The summed E-state index contributed by atoms with van der Waals surface area (Å²) in [7, 11) is -2.50. The summed E-state index contributed by atoms with van der Waals surface area (Å²) in [6.45, 7) is 3.28. The number of hydrogen-bond donors (Lipinski definition) is 2. The van der Waals surface area contributed by atoms with E-state index >= 15 is 0 Å². The number of rotatable bonds is 9. The second-order valence-electron chi connectivity index (χ2n) is 8.74. The number of benzene rings is 2. The first-order valence-electron chi connectivity index (χ1n) is 11.5. The Morgan fingerprint density at radius 2 is 1.74 bits per heavy atom. The van der Waals surface area contributed by atoms with E-state index in [1.807, 2.05) is 6.92 Å². The monoisotopic (exact) mass is 506 g/mol. The van der Waals surface area contributed by atoms with Gasteiger partial charge in [-0.25, -0.2) is 22.3 Å². The first kappa shape index (κ1) is 26.6. The highest BCUT2D eigenvalue weighted by Gasteiger charge is 2.30. The lowest BCUT2D eigenvalue weighted by atomic mass is 9.85. The fraction of sp³-hybridized carbons (Fsp3) is 0.440. The van der Waals surface area contributed by atoms with Gasteiger partial charge in [0.25, 0.3) is 0 Å². The Morgan fingerprint density at radius 3 is 2.34 bits per heavy atom. The van der Waals surface area contributed by atoms with Gasteiger partial charge in [0.15, 0.2) is 6.61 Å². The van der Waals surface area contributed by atoms with E-state index in [0.29, 0.717) is 37.0 Å². The SMILES string of the molecule is COC(=O)COc1ccc(S(=O)(=O)N[C@H]2CC[C@H](C(=O)N[C@H](C)c3ccc(F)cc3)CC2)cc1C. The normalized spacial score (nSPS) is 19.0. The van der Waals surface area contributed by atoms with Crippen LogP contribution >= 0.6 is 0 Å². The second-order valence-corrected chi connectivity index (χ2v) is 10.5. The van der Waals surface area contributed by atoms with Gasteiger partial charge in [0.05, 0.1) is 18.0 Å². The third kappa shape index (κ3) is 7.25. The summed E-state index contributed by atoms with van der Waals surface area (Å²) in [5, 5.41) is 2.97. The van der Waals surface area contributed by atoms with Gasteiger partial charge in [-0.1, -0.05) is 12.1 Å². The molecule has 35 heavy (non-hydrogen) atoms. The maximum atomic E-state index is 13.1. The molecule has 1 amide bonds. The van der Waals surface area contributed by atoms with Gasteiger partial charge in [-0.3, -0.25) is 4.79 Å². The van der Waals surface area contributed by atoms with Gasteiger partial charge in [-0.15, -0.1) is 0 Å². The Morgan fingerprint density at radius 1 is 1.09 bits per heavy atom. The quantitative estimate of drug-likeness (QED) is 0.505. The molecule has 1 fully saturated rings. The number of hydrogen-bond acceptors (Lipinski definition) is 6. The lowest BCUT2D eigenvalue weighted by Crippen LogP contribution is -2.41. The maximum Gasteiger partial charge on any atom is 0.343 e. The van der Waals surface area contributed by atoms with Crippen LogP contribution in [0.3, 0.4) is 0 Å². The van der Waals surface area contributed by atoms with E-state index in [0.717, 1.165) is 5.56 Å². The zero-order chi connectivity index (χ0) is 25.6. The van der Waals surface area contributed by atoms with Crippen molar-refractivity contribution in [2.24, 2.45) is 5.92 Å². The molecule has 2 aromatic carbocycles. The Labute approximate surface area is 205 Å². The summed E-state index contributed by atoms with van der Waals surface area (Å²) < 4.78 is 51.5. The van der Waals surface area contributed by atoms with E-state index in [1.165, 1.54) is 37.4 Å². The standard InChI is InChI=1S/C25H31FN2O6S/c1-16-14-22(12-13-23(16)34-15-24(29)33-3)35(31,32)28-21-10-6-19(7-11-21)25(30)27-17(2)18-4-8-20(26)9-5-18/h4-5,8-9,12-14,17,19,21,28H,6-7,10-11,15H2,1-3H3,(H,27,30)/t17-,19-,21-/m1/s1. The molecule has 0 radical (unpaired) electrons. The molecular formula is C25H31FN2O6S. The van der Waals surface area contributed by atoms with Crippen molar-refractivity contribution in [3.63, 3.8) is 0 Å². The van der Waals surface area contributed by atoms with Crippen molar-refractivity contribution in [1.29, 1.82) is 0 Å². The molecule has 1 aliphatic rings. The number of carbonyl (C=O) groups excluding carboxylic acids is 2. The van der Waals surface area contributed by atoms with E-state index in [-0.39, 0.29) is 41.2 Å². The smallest absolute Gasteiger partial charge is 0.343 e. The third-order valence-corrected chi connectivity index (χ3v) is 7.70. The number of sulfonamides is 1. The van der Waals surface area contributed by atoms with Crippen molar-refractivity contribution in [2.75, 3.05) is 13.7 Å². The molecular weight excluding hydrogens is 475 g/mol. The van der Waals surface area contributed by atoms with Crippen LogP contribution in [0.2, 0.25) is 0 Å². The van der Waals surface area contributed by atoms with E-state index in [9.17, 15) is 22.4 Å². The molecule has 0 aromatic heterocycles. The molecule has 3 rings (SSSR count). The first-order valence-corrected chi connectivity index (χ1v) is 13.0. The number of ether oxygens (including phenoxy) is 2. The zero-order valence-corrected chi connectivity index (χ0v) is 20.9. The maximum absolute atomic E-state index is 13.1. The van der Waals surface area contributed by atoms with Gasteiger partial charge in [0.1, 0.15) is 11.6 Å². The molecule has 1 saturated carbocycles. The van der Waals surface area contributed by atoms with Gasteiger partial charge < -0.3 is 14.8 Å². The average Bonchev–Trinajstić information content (AvgIpc) is 2.83. The Hall–Kier alpha value is -2.98. The van der Waals surface area contributed by atoms with Crippen molar-refractivity contribution in [1.82, 2.24) is 10.0 Å². The van der Waals surface area contributed by atoms with Crippen LogP contribution in [0.25, 0.3) is 0 Å². The first-order chi connectivity index (χ1) is 16.6. The minimum atomic E-state index is -3.76. The summed E-state index contributed by atoms with van der Waals surface area (Å²) in [6.07, 6.45) is 2.21. The van der Waals surface area contributed by atoms with Crippen molar-refractivity contribution in [2.45, 2.75) is 56.5 Å². The molecule has 10 heteroatoms. The second kappa shape index (κ2) is 11.6. The molecule has 2 N–H and O–H groups in total. The van der Waals surface area contributed by atoms with Crippen LogP contribution in [-0.4, -0.2) is 40.1 Å². The highest BCUT2D eigenvalue weighted by Crippen LogP contribution is 2.28. The molecule has 0 saturated heterocycles. The van der Waals surface area contributed by atoms with Gasteiger partial charge in [-0.2, -0.15) is 0 Å². The van der Waals surface area contributed by atoms with Gasteiger partial charge in [-0.05, 0) is 81.0 Å². The summed E-state index contributed by atoms with van der Waals surface area (Å²) in [5.74, 6) is -0.743. The lowest BCUT2D eigenvalue weighted by Gasteiger charge is -2.29. The van der Waals surface area contributed by atoms with E-state index < -0.39 is 16.0 Å². The van der Waals surface area contributed by atoms with Crippen LogP contribution in [0.1, 0.15) is 49.8 Å². The number of halogens is 1. The molecule has 0 unspecified atom stereocenters. The van der Waals surface area contributed by atoms with Crippen LogP contribution in [0.4, 0.5) is 4.39 Å². The fourth-order valence-electron chi connectivity index (χ4n) is 4.07. The zero-order valence-electron chi connectivity index (χ0n) is 20.0. The van der Waals surface area contributed by atoms with Gasteiger partial charge >= 0.3 is 5.97 Å². The van der Waals surface area contributed by atoms with Gasteiger partial charge in [0, 0.05) is 12.0 Å². The van der Waals surface area contributed by atoms with E-state index in [2.05, 4.69) is 14.8 Å². The molecule has 0 bridgehead atoms. The number of methoxy groups -OCH3 is 1. The topological polar surface area (TPSA) is 111 Å². The van der Waals surface area contributed by atoms with Gasteiger partial charge in [0.2, 0.25) is 15.9 Å². The highest BCUT2D eigenvalue weighted by atomic mass is 32.2. The fourth-order valence-corrected chi connectivity index (χ4v) is 5.46. The van der Waals surface area contributed by atoms with Crippen molar-refractivity contribution in [3.8, 4) is 5.75 Å². The van der Waals surface area contributed by atoms with Crippen molar-refractivity contribution >= 4 is 21.9 Å². The molecule has 190 valence electrons. The molecule has 1 atom stereocenters. The largest absolute Gasteiger partial charge is 0.482 e.